The van der Waals surface area contributed by atoms with Crippen LogP contribution in [0.25, 0.3) is 0 Å². The number of carbonyl (C=O) groups excluding carboxylic acids is 1. The Morgan fingerprint density at radius 2 is 1.48 bits per heavy atom. The summed E-state index contributed by atoms with van der Waals surface area (Å²) >= 11 is 2.07. The zero-order valence-electron chi connectivity index (χ0n) is 13.6. The van der Waals surface area contributed by atoms with Gasteiger partial charge in [0.15, 0.2) is 0 Å². The number of thioether (sulfide) groups is 1. The lowest BCUT2D eigenvalue weighted by Crippen LogP contribution is -2.46. The van der Waals surface area contributed by atoms with Gasteiger partial charge in [-0.3, -0.25) is 0 Å². The van der Waals surface area contributed by atoms with Crippen LogP contribution in [-0.2, 0) is 4.74 Å². The van der Waals surface area contributed by atoms with Gasteiger partial charge in [0.2, 0.25) is 0 Å². The maximum Gasteiger partial charge on any atom is 0.407 e. The molecule has 4 nitrogen and oxygen atoms in total. The van der Waals surface area contributed by atoms with Crippen LogP contribution in [-0.4, -0.2) is 41.3 Å². The van der Waals surface area contributed by atoms with Crippen LogP contribution in [0.5, 0.6) is 0 Å². The Labute approximate surface area is 133 Å². The van der Waals surface area contributed by atoms with E-state index in [1.165, 1.54) is 24.3 Å². The van der Waals surface area contributed by atoms with E-state index in [-0.39, 0.29) is 12.1 Å². The highest BCUT2D eigenvalue weighted by Crippen LogP contribution is 2.23. The van der Waals surface area contributed by atoms with Crippen LogP contribution in [0.15, 0.2) is 0 Å². The predicted molar refractivity (Wildman–Crippen MR) is 88.9 cm³/mol. The molecule has 0 unspecified atom stereocenters. The summed E-state index contributed by atoms with van der Waals surface area (Å²) in [6.45, 7) is 5.70. The molecule has 0 aromatic carbocycles. The van der Waals surface area contributed by atoms with Crippen molar-refractivity contribution in [2.45, 2.75) is 83.0 Å². The molecule has 1 aliphatic heterocycles. The minimum atomic E-state index is -0.415. The highest BCUT2D eigenvalue weighted by Gasteiger charge is 2.26. The van der Waals surface area contributed by atoms with Crippen LogP contribution in [0.3, 0.4) is 0 Å². The third kappa shape index (κ3) is 6.47. The average molecular weight is 314 g/mol. The van der Waals surface area contributed by atoms with Crippen molar-refractivity contribution >= 4 is 17.9 Å². The molecule has 21 heavy (non-hydrogen) atoms. The molecule has 0 spiro atoms. The van der Waals surface area contributed by atoms with E-state index >= 15 is 0 Å². The largest absolute Gasteiger partial charge is 0.444 e. The molecule has 0 bridgehead atoms. The number of ether oxygens (including phenoxy) is 1. The molecule has 2 rings (SSSR count). The van der Waals surface area contributed by atoms with E-state index in [1.807, 2.05) is 20.8 Å². The molecule has 1 saturated carbocycles. The number of hydrogen-bond acceptors (Lipinski definition) is 4. The summed E-state index contributed by atoms with van der Waals surface area (Å²) in [6, 6.07) is 1.63. The second-order valence-corrected chi connectivity index (χ2v) is 8.47. The number of rotatable bonds is 3. The van der Waals surface area contributed by atoms with Crippen molar-refractivity contribution in [3.63, 3.8) is 0 Å². The van der Waals surface area contributed by atoms with Crippen LogP contribution in [0.1, 0.15) is 59.3 Å². The molecule has 2 aliphatic rings. The number of alkyl carbamates (subject to hydrolysis) is 1. The van der Waals surface area contributed by atoms with Crippen molar-refractivity contribution < 1.29 is 9.53 Å². The van der Waals surface area contributed by atoms with Crippen LogP contribution in [0.4, 0.5) is 4.79 Å². The number of nitrogens with one attached hydrogen (secondary N) is 2. The van der Waals surface area contributed by atoms with Gasteiger partial charge in [0.05, 0.1) is 0 Å². The molecular weight excluding hydrogens is 284 g/mol. The SMILES string of the molecule is CC(C)(C)OC(=O)NC1CCC(NC2CCSCC2)CC1. The first-order chi connectivity index (χ1) is 9.92. The summed E-state index contributed by atoms with van der Waals surface area (Å²) < 4.78 is 5.32. The number of hydrogen-bond donors (Lipinski definition) is 2. The van der Waals surface area contributed by atoms with Gasteiger partial charge in [-0.1, -0.05) is 0 Å². The lowest BCUT2D eigenvalue weighted by Gasteiger charge is -2.34. The molecule has 0 aromatic rings. The standard InChI is InChI=1S/C16H30N2O2S/c1-16(2,3)20-15(19)18-13-6-4-12(5-7-13)17-14-8-10-21-11-9-14/h12-14,17H,4-11H2,1-3H3,(H,18,19). The predicted octanol–water partition coefficient (Wildman–Crippen LogP) is 3.31. The van der Waals surface area contributed by atoms with Crippen LogP contribution in [0.2, 0.25) is 0 Å². The monoisotopic (exact) mass is 314 g/mol. The first-order valence-corrected chi connectivity index (χ1v) is 9.41. The molecule has 1 amide bonds. The summed E-state index contributed by atoms with van der Waals surface area (Å²) in [5.74, 6) is 2.60. The Bertz CT molecular complexity index is 330. The van der Waals surface area contributed by atoms with Gasteiger partial charge in [0.1, 0.15) is 5.60 Å². The first-order valence-electron chi connectivity index (χ1n) is 8.26. The maximum absolute atomic E-state index is 11.8. The van der Waals surface area contributed by atoms with Crippen LogP contribution < -0.4 is 10.6 Å². The summed E-state index contributed by atoms with van der Waals surface area (Å²) in [4.78, 5) is 11.8. The van der Waals surface area contributed by atoms with Crippen LogP contribution >= 0.6 is 11.8 Å². The summed E-state index contributed by atoms with van der Waals surface area (Å²) in [7, 11) is 0. The fraction of sp³-hybridized carbons (Fsp3) is 0.938. The quantitative estimate of drug-likeness (QED) is 0.839. The third-order valence-electron chi connectivity index (χ3n) is 4.14. The van der Waals surface area contributed by atoms with Crippen molar-refractivity contribution in [1.82, 2.24) is 10.6 Å². The van der Waals surface area contributed by atoms with Gasteiger partial charge >= 0.3 is 6.09 Å². The minimum absolute atomic E-state index is 0.275. The molecule has 0 aromatic heterocycles. The van der Waals surface area contributed by atoms with Gasteiger partial charge in [-0.25, -0.2) is 4.79 Å². The molecule has 1 heterocycles. The summed E-state index contributed by atoms with van der Waals surface area (Å²) in [6.07, 6.45) is 6.76. The number of amides is 1. The van der Waals surface area contributed by atoms with Crippen molar-refractivity contribution in [3.05, 3.63) is 0 Å². The van der Waals surface area contributed by atoms with E-state index in [2.05, 4.69) is 22.4 Å². The van der Waals surface area contributed by atoms with E-state index in [0.717, 1.165) is 25.7 Å². The lowest BCUT2D eigenvalue weighted by atomic mass is 9.90. The Kier molecular flexibility index (Phi) is 6.23. The fourth-order valence-electron chi connectivity index (χ4n) is 3.08. The van der Waals surface area contributed by atoms with Gasteiger partial charge < -0.3 is 15.4 Å². The van der Waals surface area contributed by atoms with Gasteiger partial charge in [-0.2, -0.15) is 11.8 Å². The van der Waals surface area contributed by atoms with Crippen molar-refractivity contribution in [1.29, 1.82) is 0 Å². The summed E-state index contributed by atoms with van der Waals surface area (Å²) in [5.41, 5.74) is -0.415. The Balaban J connectivity index is 1.64. The topological polar surface area (TPSA) is 50.4 Å². The second kappa shape index (κ2) is 7.73. The molecule has 0 radical (unpaired) electrons. The summed E-state index contributed by atoms with van der Waals surface area (Å²) in [5, 5.41) is 6.82. The fourth-order valence-corrected chi connectivity index (χ4v) is 4.18. The average Bonchev–Trinajstić information content (AvgIpc) is 2.40. The molecule has 1 aliphatic carbocycles. The molecule has 2 fully saturated rings. The van der Waals surface area contributed by atoms with Crippen molar-refractivity contribution in [2.24, 2.45) is 0 Å². The van der Waals surface area contributed by atoms with Gasteiger partial charge in [-0.05, 0) is 70.8 Å². The van der Waals surface area contributed by atoms with E-state index < -0.39 is 5.60 Å². The Morgan fingerprint density at radius 1 is 0.952 bits per heavy atom. The highest BCUT2D eigenvalue weighted by atomic mass is 32.2. The molecule has 0 atom stereocenters. The van der Waals surface area contributed by atoms with Crippen LogP contribution in [0, 0.1) is 0 Å². The second-order valence-electron chi connectivity index (χ2n) is 7.25. The lowest BCUT2D eigenvalue weighted by molar-refractivity contribution is 0.0489. The van der Waals surface area contributed by atoms with E-state index in [9.17, 15) is 4.79 Å². The van der Waals surface area contributed by atoms with E-state index in [4.69, 9.17) is 4.74 Å². The molecule has 1 saturated heterocycles. The zero-order chi connectivity index (χ0) is 15.3. The molecule has 5 heteroatoms. The third-order valence-corrected chi connectivity index (χ3v) is 5.19. The molecule has 122 valence electrons. The molecule has 2 N–H and O–H groups in total. The van der Waals surface area contributed by atoms with Gasteiger partial charge in [0.25, 0.3) is 0 Å². The molecular formula is C16H30N2O2S. The highest BCUT2D eigenvalue weighted by molar-refractivity contribution is 7.99. The normalized spacial score (nSPS) is 28.1. The Hall–Kier alpha value is -0.420. The van der Waals surface area contributed by atoms with Crippen molar-refractivity contribution in [2.75, 3.05) is 11.5 Å². The number of carbonyl (C=O) groups is 1. The zero-order valence-corrected chi connectivity index (χ0v) is 14.4. The van der Waals surface area contributed by atoms with Gasteiger partial charge in [-0.15, -0.1) is 0 Å². The van der Waals surface area contributed by atoms with E-state index in [0.29, 0.717) is 12.1 Å². The smallest absolute Gasteiger partial charge is 0.407 e. The maximum atomic E-state index is 11.8. The van der Waals surface area contributed by atoms with Crippen molar-refractivity contribution in [3.8, 4) is 0 Å². The Morgan fingerprint density at radius 3 is 2.05 bits per heavy atom. The van der Waals surface area contributed by atoms with Gasteiger partial charge in [0, 0.05) is 18.1 Å². The minimum Gasteiger partial charge on any atom is -0.444 e. The first kappa shape index (κ1) is 16.9. The van der Waals surface area contributed by atoms with E-state index in [1.54, 1.807) is 0 Å².